The molecular weight excluding hydrogens is 372 g/mol. The molecule has 7 heteroatoms. The van der Waals surface area contributed by atoms with Gasteiger partial charge >= 0.3 is 5.63 Å². The van der Waals surface area contributed by atoms with Crippen LogP contribution in [-0.4, -0.2) is 36.3 Å². The Labute approximate surface area is 167 Å². The number of nitrogens with one attached hydrogen (secondary N) is 1. The molecule has 1 N–H and O–H groups in total. The van der Waals surface area contributed by atoms with Crippen molar-refractivity contribution in [2.75, 3.05) is 19.6 Å². The zero-order valence-electron chi connectivity index (χ0n) is 16.7. The molecule has 4 rings (SSSR count). The third-order valence-electron chi connectivity index (χ3n) is 5.61. The predicted octanol–water partition coefficient (Wildman–Crippen LogP) is 2.83. The Hall–Kier alpha value is -3.09. The maximum absolute atomic E-state index is 12.4. The van der Waals surface area contributed by atoms with Gasteiger partial charge in [0.2, 0.25) is 11.8 Å². The van der Waals surface area contributed by atoms with E-state index in [4.69, 9.17) is 8.83 Å². The fourth-order valence-corrected chi connectivity index (χ4v) is 3.90. The van der Waals surface area contributed by atoms with Crippen LogP contribution in [-0.2, 0) is 16.0 Å². The van der Waals surface area contributed by atoms with E-state index in [-0.39, 0.29) is 18.2 Å². The van der Waals surface area contributed by atoms with Crippen LogP contribution < -0.4 is 10.9 Å². The normalized spacial score (nSPS) is 14.3. The average molecular weight is 396 g/mol. The van der Waals surface area contributed by atoms with Crippen molar-refractivity contribution in [1.82, 2.24) is 10.2 Å². The van der Waals surface area contributed by atoms with Gasteiger partial charge < -0.3 is 19.1 Å². The maximum Gasteiger partial charge on any atom is 0.340 e. The lowest BCUT2D eigenvalue weighted by Gasteiger charge is -2.15. The summed E-state index contributed by atoms with van der Waals surface area (Å²) >= 11 is 0. The molecule has 1 aliphatic heterocycles. The Kier molecular flexibility index (Phi) is 5.13. The quantitative estimate of drug-likeness (QED) is 0.511. The van der Waals surface area contributed by atoms with E-state index in [1.807, 2.05) is 24.8 Å². The number of aryl methyl sites for hydroxylation is 2. The SMILES string of the molecule is Cc1coc2cc3oc(=O)c(CC(=O)NCCCN4CCCC4=O)c(C)c3cc12. The van der Waals surface area contributed by atoms with Crippen molar-refractivity contribution in [2.45, 2.75) is 39.5 Å². The van der Waals surface area contributed by atoms with Crippen molar-refractivity contribution < 1.29 is 18.4 Å². The highest BCUT2D eigenvalue weighted by atomic mass is 16.4. The van der Waals surface area contributed by atoms with Crippen LogP contribution in [0.3, 0.4) is 0 Å². The summed E-state index contributed by atoms with van der Waals surface area (Å²) in [6.07, 6.45) is 3.86. The van der Waals surface area contributed by atoms with Crippen LogP contribution >= 0.6 is 0 Å². The van der Waals surface area contributed by atoms with Gasteiger partial charge in [-0.2, -0.15) is 0 Å². The molecule has 0 radical (unpaired) electrons. The van der Waals surface area contributed by atoms with Gasteiger partial charge in [0.15, 0.2) is 0 Å². The first kappa shape index (κ1) is 19.2. The second-order valence-corrected chi connectivity index (χ2v) is 7.62. The predicted molar refractivity (Wildman–Crippen MR) is 109 cm³/mol. The molecule has 7 nitrogen and oxygen atoms in total. The van der Waals surface area contributed by atoms with Gasteiger partial charge in [0.1, 0.15) is 11.2 Å². The number of likely N-dealkylation sites (tertiary alicyclic amines) is 1. The number of hydrogen-bond donors (Lipinski definition) is 1. The third kappa shape index (κ3) is 3.77. The Morgan fingerprint density at radius 3 is 2.76 bits per heavy atom. The molecule has 1 saturated heterocycles. The summed E-state index contributed by atoms with van der Waals surface area (Å²) in [7, 11) is 0. The van der Waals surface area contributed by atoms with Gasteiger partial charge in [-0.1, -0.05) is 0 Å². The molecule has 3 heterocycles. The first-order valence-electron chi connectivity index (χ1n) is 9.92. The van der Waals surface area contributed by atoms with Crippen molar-refractivity contribution in [3.05, 3.63) is 45.5 Å². The topological polar surface area (TPSA) is 92.8 Å². The first-order valence-corrected chi connectivity index (χ1v) is 9.92. The molecule has 2 aromatic heterocycles. The van der Waals surface area contributed by atoms with Crippen LogP contribution in [0.4, 0.5) is 0 Å². The lowest BCUT2D eigenvalue weighted by molar-refractivity contribution is -0.127. The smallest absolute Gasteiger partial charge is 0.340 e. The molecular formula is C22H24N2O5. The van der Waals surface area contributed by atoms with E-state index in [1.165, 1.54) is 0 Å². The highest BCUT2D eigenvalue weighted by Crippen LogP contribution is 2.28. The number of hydrogen-bond acceptors (Lipinski definition) is 5. The molecule has 1 aliphatic rings. The van der Waals surface area contributed by atoms with Crippen LogP contribution in [0.25, 0.3) is 21.9 Å². The molecule has 2 amide bonds. The first-order chi connectivity index (χ1) is 13.9. The molecule has 0 atom stereocenters. The number of carbonyl (C=O) groups excluding carboxylic acids is 2. The molecule has 0 bridgehead atoms. The summed E-state index contributed by atoms with van der Waals surface area (Å²) in [6, 6.07) is 3.66. The maximum atomic E-state index is 12.4. The Bertz CT molecular complexity index is 1160. The molecule has 152 valence electrons. The number of furan rings is 1. The zero-order valence-corrected chi connectivity index (χ0v) is 16.7. The van der Waals surface area contributed by atoms with E-state index in [9.17, 15) is 14.4 Å². The third-order valence-corrected chi connectivity index (χ3v) is 5.61. The summed E-state index contributed by atoms with van der Waals surface area (Å²) in [6.45, 7) is 5.71. The van der Waals surface area contributed by atoms with Crippen LogP contribution in [0.2, 0.25) is 0 Å². The van der Waals surface area contributed by atoms with Gasteiger partial charge in [0, 0.05) is 42.9 Å². The Balaban J connectivity index is 1.46. The van der Waals surface area contributed by atoms with Gasteiger partial charge in [0.05, 0.1) is 18.2 Å². The van der Waals surface area contributed by atoms with E-state index in [2.05, 4.69) is 5.32 Å². The van der Waals surface area contributed by atoms with Crippen molar-refractivity contribution in [1.29, 1.82) is 0 Å². The van der Waals surface area contributed by atoms with E-state index in [0.717, 1.165) is 34.9 Å². The highest BCUT2D eigenvalue weighted by molar-refractivity contribution is 5.96. The monoisotopic (exact) mass is 396 g/mol. The molecule has 29 heavy (non-hydrogen) atoms. The molecule has 1 aromatic carbocycles. The van der Waals surface area contributed by atoms with Crippen LogP contribution in [0.1, 0.15) is 36.0 Å². The van der Waals surface area contributed by atoms with Gasteiger partial charge in [-0.3, -0.25) is 9.59 Å². The summed E-state index contributed by atoms with van der Waals surface area (Å²) < 4.78 is 10.9. The second kappa shape index (κ2) is 7.73. The highest BCUT2D eigenvalue weighted by Gasteiger charge is 2.20. The van der Waals surface area contributed by atoms with E-state index in [0.29, 0.717) is 42.7 Å². The fourth-order valence-electron chi connectivity index (χ4n) is 3.90. The van der Waals surface area contributed by atoms with Crippen LogP contribution in [0.15, 0.2) is 32.0 Å². The second-order valence-electron chi connectivity index (χ2n) is 7.62. The fraction of sp³-hybridized carbons (Fsp3) is 0.409. The number of carbonyl (C=O) groups is 2. The largest absolute Gasteiger partial charge is 0.464 e. The average Bonchev–Trinajstić information content (AvgIpc) is 3.26. The molecule has 0 unspecified atom stereocenters. The summed E-state index contributed by atoms with van der Waals surface area (Å²) in [5.74, 6) is -0.0456. The molecule has 1 fully saturated rings. The Morgan fingerprint density at radius 1 is 1.17 bits per heavy atom. The number of rotatable bonds is 6. The van der Waals surface area contributed by atoms with E-state index in [1.54, 1.807) is 12.3 Å². The van der Waals surface area contributed by atoms with Gasteiger partial charge in [-0.15, -0.1) is 0 Å². The summed E-state index contributed by atoms with van der Waals surface area (Å²) in [4.78, 5) is 38.2. The lowest BCUT2D eigenvalue weighted by atomic mass is 10.0. The van der Waals surface area contributed by atoms with Gasteiger partial charge in [0.25, 0.3) is 0 Å². The van der Waals surface area contributed by atoms with Gasteiger partial charge in [-0.05, 0) is 43.9 Å². The van der Waals surface area contributed by atoms with Crippen molar-refractivity contribution in [3.8, 4) is 0 Å². The Morgan fingerprint density at radius 2 is 2.00 bits per heavy atom. The zero-order chi connectivity index (χ0) is 20.5. The van der Waals surface area contributed by atoms with Crippen LogP contribution in [0.5, 0.6) is 0 Å². The van der Waals surface area contributed by atoms with E-state index < -0.39 is 5.63 Å². The van der Waals surface area contributed by atoms with Crippen molar-refractivity contribution in [3.63, 3.8) is 0 Å². The minimum absolute atomic E-state index is 0.0326. The number of benzene rings is 1. The molecule has 0 spiro atoms. The standard InChI is InChI=1S/C22H24N2O5/c1-13-12-28-18-11-19-16(9-15(13)18)14(2)17(22(27)29-19)10-20(25)23-6-4-8-24-7-3-5-21(24)26/h9,11-12H,3-8,10H2,1-2H3,(H,23,25). The number of amides is 2. The number of nitrogens with zero attached hydrogens (tertiary/aromatic N) is 1. The van der Waals surface area contributed by atoms with Gasteiger partial charge in [-0.25, -0.2) is 4.79 Å². The van der Waals surface area contributed by atoms with E-state index >= 15 is 0 Å². The van der Waals surface area contributed by atoms with Crippen molar-refractivity contribution >= 4 is 33.8 Å². The molecule has 0 aliphatic carbocycles. The van der Waals surface area contributed by atoms with Crippen LogP contribution in [0, 0.1) is 13.8 Å². The molecule has 0 saturated carbocycles. The van der Waals surface area contributed by atoms with Crippen molar-refractivity contribution in [2.24, 2.45) is 0 Å². The minimum Gasteiger partial charge on any atom is -0.464 e. The lowest BCUT2D eigenvalue weighted by Crippen LogP contribution is -2.32. The number of fused-ring (bicyclic) bond motifs is 2. The minimum atomic E-state index is -0.504. The molecule has 3 aromatic rings. The summed E-state index contributed by atoms with van der Waals surface area (Å²) in [5, 5.41) is 4.60. The summed E-state index contributed by atoms with van der Waals surface area (Å²) in [5.41, 5.74) is 2.73.